The molecular weight excluding hydrogens is 401 g/mol. The molecule has 0 radical (unpaired) electrons. The molecule has 2 N–H and O–H groups in total. The molecule has 1 amide bonds. The number of halogens is 2. The normalized spacial score (nSPS) is 11.9. The SMILES string of the molecule is O=C(NC(c1ccccc1)c1nn[nH]n1)c1ccn(-c2ccc(Cl)cc2Cl)n1. The summed E-state index contributed by atoms with van der Waals surface area (Å²) in [6.45, 7) is 0. The number of rotatable bonds is 5. The third kappa shape index (κ3) is 3.73. The number of amides is 1. The minimum absolute atomic E-state index is 0.218. The van der Waals surface area contributed by atoms with Crippen molar-refractivity contribution in [1.82, 2.24) is 35.7 Å². The molecule has 1 atom stereocenters. The molecule has 0 saturated heterocycles. The van der Waals surface area contributed by atoms with Crippen LogP contribution in [0.4, 0.5) is 0 Å². The van der Waals surface area contributed by atoms with Crippen molar-refractivity contribution in [2.75, 3.05) is 0 Å². The van der Waals surface area contributed by atoms with Gasteiger partial charge in [0.05, 0.1) is 10.7 Å². The number of hydrogen-bond acceptors (Lipinski definition) is 5. The van der Waals surface area contributed by atoms with Gasteiger partial charge in [-0.05, 0) is 29.8 Å². The van der Waals surface area contributed by atoms with Gasteiger partial charge in [0.1, 0.15) is 6.04 Å². The molecule has 2 heterocycles. The molecule has 2 aromatic heterocycles. The third-order valence-corrected chi connectivity index (χ3v) is 4.54. The summed E-state index contributed by atoms with van der Waals surface area (Å²) in [5.41, 5.74) is 1.65. The van der Waals surface area contributed by atoms with E-state index in [-0.39, 0.29) is 11.6 Å². The van der Waals surface area contributed by atoms with Gasteiger partial charge in [-0.15, -0.1) is 10.2 Å². The second kappa shape index (κ2) is 7.79. The molecule has 0 aliphatic rings. The van der Waals surface area contributed by atoms with Crippen LogP contribution in [-0.4, -0.2) is 36.3 Å². The van der Waals surface area contributed by atoms with E-state index in [9.17, 15) is 4.79 Å². The molecule has 28 heavy (non-hydrogen) atoms. The molecule has 4 rings (SSSR count). The van der Waals surface area contributed by atoms with Gasteiger partial charge in [-0.1, -0.05) is 58.7 Å². The number of aromatic amines is 1. The van der Waals surface area contributed by atoms with E-state index in [1.54, 1.807) is 30.5 Å². The lowest BCUT2D eigenvalue weighted by atomic mass is 10.1. The Kier molecular flexibility index (Phi) is 5.05. The number of carbonyl (C=O) groups excluding carboxylic acids is 1. The molecule has 0 bridgehead atoms. The number of tetrazole rings is 1. The molecule has 140 valence electrons. The summed E-state index contributed by atoms with van der Waals surface area (Å²) >= 11 is 12.1. The lowest BCUT2D eigenvalue weighted by Crippen LogP contribution is -2.30. The number of nitrogens with one attached hydrogen (secondary N) is 2. The van der Waals surface area contributed by atoms with Gasteiger partial charge < -0.3 is 5.32 Å². The lowest BCUT2D eigenvalue weighted by Gasteiger charge is -2.15. The monoisotopic (exact) mass is 413 g/mol. The van der Waals surface area contributed by atoms with Crippen molar-refractivity contribution in [2.24, 2.45) is 0 Å². The molecule has 0 spiro atoms. The van der Waals surface area contributed by atoms with Gasteiger partial charge in [-0.25, -0.2) is 4.68 Å². The average molecular weight is 414 g/mol. The Labute approximate surface area is 169 Å². The van der Waals surface area contributed by atoms with E-state index in [1.807, 2.05) is 30.3 Å². The minimum atomic E-state index is -0.572. The Hall–Kier alpha value is -3.23. The summed E-state index contributed by atoms with van der Waals surface area (Å²) in [5, 5.41) is 22.1. The van der Waals surface area contributed by atoms with Crippen LogP contribution in [0, 0.1) is 0 Å². The Balaban J connectivity index is 1.60. The molecule has 4 aromatic rings. The molecule has 0 saturated carbocycles. The van der Waals surface area contributed by atoms with Crippen molar-refractivity contribution in [2.45, 2.75) is 6.04 Å². The highest BCUT2D eigenvalue weighted by Crippen LogP contribution is 2.24. The van der Waals surface area contributed by atoms with Crippen molar-refractivity contribution >= 4 is 29.1 Å². The quantitative estimate of drug-likeness (QED) is 0.522. The highest BCUT2D eigenvalue weighted by atomic mass is 35.5. The van der Waals surface area contributed by atoms with Crippen molar-refractivity contribution < 1.29 is 4.79 Å². The zero-order chi connectivity index (χ0) is 19.5. The van der Waals surface area contributed by atoms with Gasteiger partial charge in [-0.3, -0.25) is 4.79 Å². The summed E-state index contributed by atoms with van der Waals surface area (Å²) in [7, 11) is 0. The van der Waals surface area contributed by atoms with Gasteiger partial charge in [0.15, 0.2) is 5.69 Å². The van der Waals surface area contributed by atoms with E-state index in [1.165, 1.54) is 4.68 Å². The third-order valence-electron chi connectivity index (χ3n) is 4.01. The fourth-order valence-electron chi connectivity index (χ4n) is 2.69. The maximum Gasteiger partial charge on any atom is 0.272 e. The number of nitrogens with zero attached hydrogens (tertiary/aromatic N) is 5. The number of aromatic nitrogens is 6. The van der Waals surface area contributed by atoms with Crippen molar-refractivity contribution in [3.05, 3.63) is 87.9 Å². The molecule has 0 aliphatic heterocycles. The number of benzene rings is 2. The highest BCUT2D eigenvalue weighted by Gasteiger charge is 2.23. The van der Waals surface area contributed by atoms with Gasteiger partial charge in [0.25, 0.3) is 5.91 Å². The standard InChI is InChI=1S/C18H13Cl2N7O/c19-12-6-7-15(13(20)10-12)27-9-8-14(24-27)18(28)21-16(17-22-25-26-23-17)11-4-2-1-3-5-11/h1-10,16H,(H,21,28)(H,22,23,25,26). The zero-order valence-electron chi connectivity index (χ0n) is 14.3. The van der Waals surface area contributed by atoms with Crippen LogP contribution >= 0.6 is 23.2 Å². The fourth-order valence-corrected chi connectivity index (χ4v) is 3.18. The van der Waals surface area contributed by atoms with Crippen molar-refractivity contribution in [1.29, 1.82) is 0 Å². The average Bonchev–Trinajstić information content (AvgIpc) is 3.39. The van der Waals surface area contributed by atoms with E-state index in [4.69, 9.17) is 23.2 Å². The number of H-pyrrole nitrogens is 1. The van der Waals surface area contributed by atoms with Gasteiger partial charge in [-0.2, -0.15) is 10.3 Å². The number of hydrogen-bond donors (Lipinski definition) is 2. The summed E-state index contributed by atoms with van der Waals surface area (Å²) in [6, 6.07) is 15.4. The van der Waals surface area contributed by atoms with E-state index < -0.39 is 6.04 Å². The second-order valence-electron chi connectivity index (χ2n) is 5.83. The van der Waals surface area contributed by atoms with Crippen LogP contribution in [0.25, 0.3) is 5.69 Å². The van der Waals surface area contributed by atoms with Gasteiger partial charge in [0, 0.05) is 11.2 Å². The van der Waals surface area contributed by atoms with Crippen molar-refractivity contribution in [3.63, 3.8) is 0 Å². The molecule has 0 fully saturated rings. The van der Waals surface area contributed by atoms with E-state index in [2.05, 4.69) is 31.0 Å². The molecule has 8 nitrogen and oxygen atoms in total. The topological polar surface area (TPSA) is 101 Å². The Morgan fingerprint density at radius 3 is 2.64 bits per heavy atom. The Bertz CT molecular complexity index is 1100. The van der Waals surface area contributed by atoms with Crippen LogP contribution in [0.5, 0.6) is 0 Å². The molecular formula is C18H13Cl2N7O. The van der Waals surface area contributed by atoms with Crippen molar-refractivity contribution in [3.8, 4) is 5.69 Å². The van der Waals surface area contributed by atoms with Crippen LogP contribution in [-0.2, 0) is 0 Å². The summed E-state index contributed by atoms with van der Waals surface area (Å²) in [5.74, 6) is -0.0396. The van der Waals surface area contributed by atoms with Crippen LogP contribution < -0.4 is 5.32 Å². The van der Waals surface area contributed by atoms with Gasteiger partial charge in [0.2, 0.25) is 5.82 Å². The predicted octanol–water partition coefficient (Wildman–Crippen LogP) is 3.21. The minimum Gasteiger partial charge on any atom is -0.336 e. The smallest absolute Gasteiger partial charge is 0.272 e. The predicted molar refractivity (Wildman–Crippen MR) is 104 cm³/mol. The fraction of sp³-hybridized carbons (Fsp3) is 0.0556. The summed E-state index contributed by atoms with van der Waals surface area (Å²) in [4.78, 5) is 12.8. The largest absolute Gasteiger partial charge is 0.336 e. The Morgan fingerprint density at radius 1 is 1.11 bits per heavy atom. The van der Waals surface area contributed by atoms with Crippen LogP contribution in [0.15, 0.2) is 60.8 Å². The van der Waals surface area contributed by atoms with Gasteiger partial charge >= 0.3 is 0 Å². The zero-order valence-corrected chi connectivity index (χ0v) is 15.8. The number of carbonyl (C=O) groups is 1. The first-order valence-corrected chi connectivity index (χ1v) is 8.97. The van der Waals surface area contributed by atoms with E-state index >= 15 is 0 Å². The first kappa shape index (κ1) is 18.1. The van der Waals surface area contributed by atoms with Crippen LogP contribution in [0.2, 0.25) is 10.0 Å². The molecule has 1 unspecified atom stereocenters. The molecule has 10 heteroatoms. The Morgan fingerprint density at radius 2 is 1.93 bits per heavy atom. The maximum absolute atomic E-state index is 12.8. The lowest BCUT2D eigenvalue weighted by molar-refractivity contribution is 0.0936. The summed E-state index contributed by atoms with van der Waals surface area (Å²) in [6.07, 6.45) is 1.65. The highest BCUT2D eigenvalue weighted by molar-refractivity contribution is 6.35. The van der Waals surface area contributed by atoms with Crippen LogP contribution in [0.3, 0.4) is 0 Å². The first-order valence-electron chi connectivity index (χ1n) is 8.22. The molecule has 2 aromatic carbocycles. The summed E-state index contributed by atoms with van der Waals surface area (Å²) < 4.78 is 1.51. The van der Waals surface area contributed by atoms with E-state index in [0.717, 1.165) is 5.56 Å². The molecule has 0 aliphatic carbocycles. The van der Waals surface area contributed by atoms with Crippen LogP contribution in [0.1, 0.15) is 27.9 Å². The maximum atomic E-state index is 12.8. The first-order chi connectivity index (χ1) is 13.6. The second-order valence-corrected chi connectivity index (χ2v) is 6.67. The van der Waals surface area contributed by atoms with E-state index in [0.29, 0.717) is 21.6 Å².